The van der Waals surface area contributed by atoms with Crippen molar-refractivity contribution in [2.45, 2.75) is 5.92 Å². The van der Waals surface area contributed by atoms with Crippen molar-refractivity contribution in [1.82, 2.24) is 0 Å². The van der Waals surface area contributed by atoms with Gasteiger partial charge in [-0.15, -0.1) is 11.8 Å². The standard InChI is InChI=1S/C12H11NOS/c1-15-12-6-10(7-13-12)11-5-3-2-4-9(11)8-14/h2-8,10H,1H3. The number of carbonyl (C=O) groups is 1. The summed E-state index contributed by atoms with van der Waals surface area (Å²) in [5.74, 6) is 0.147. The highest BCUT2D eigenvalue weighted by atomic mass is 32.2. The average molecular weight is 217 g/mol. The molecule has 0 N–H and O–H groups in total. The first-order valence-electron chi connectivity index (χ1n) is 4.69. The fraction of sp³-hybridized carbons (Fsp3) is 0.167. The Morgan fingerprint density at radius 1 is 1.40 bits per heavy atom. The summed E-state index contributed by atoms with van der Waals surface area (Å²) >= 11 is 1.62. The van der Waals surface area contributed by atoms with Crippen molar-refractivity contribution >= 4 is 24.3 Å². The van der Waals surface area contributed by atoms with Gasteiger partial charge in [0.1, 0.15) is 6.29 Å². The van der Waals surface area contributed by atoms with Crippen LogP contribution in [-0.2, 0) is 0 Å². The predicted molar refractivity (Wildman–Crippen MR) is 64.7 cm³/mol. The van der Waals surface area contributed by atoms with Crippen LogP contribution in [0.5, 0.6) is 0 Å². The molecule has 1 unspecified atom stereocenters. The topological polar surface area (TPSA) is 29.4 Å². The third-order valence-corrected chi connectivity index (χ3v) is 3.04. The van der Waals surface area contributed by atoms with Gasteiger partial charge in [-0.25, -0.2) is 0 Å². The Morgan fingerprint density at radius 3 is 2.87 bits per heavy atom. The fourth-order valence-corrected chi connectivity index (χ4v) is 2.06. The lowest BCUT2D eigenvalue weighted by atomic mass is 9.96. The number of rotatable bonds is 3. The first kappa shape index (κ1) is 10.2. The molecule has 1 aromatic rings. The van der Waals surface area contributed by atoms with Crippen molar-refractivity contribution < 1.29 is 4.79 Å². The minimum Gasteiger partial charge on any atom is -0.298 e. The molecular formula is C12H11NOS. The Morgan fingerprint density at radius 2 is 2.20 bits per heavy atom. The average Bonchev–Trinajstić information content (AvgIpc) is 2.77. The van der Waals surface area contributed by atoms with Gasteiger partial charge in [0.25, 0.3) is 0 Å². The van der Waals surface area contributed by atoms with Gasteiger partial charge in [-0.3, -0.25) is 9.79 Å². The number of carbonyl (C=O) groups excluding carboxylic acids is 1. The first-order chi connectivity index (χ1) is 7.35. The summed E-state index contributed by atoms with van der Waals surface area (Å²) in [6.45, 7) is 0. The van der Waals surface area contributed by atoms with E-state index in [9.17, 15) is 4.79 Å². The quantitative estimate of drug-likeness (QED) is 0.728. The summed E-state index contributed by atoms with van der Waals surface area (Å²) < 4.78 is 0. The number of nitrogens with zero attached hydrogens (tertiary/aromatic N) is 1. The summed E-state index contributed by atoms with van der Waals surface area (Å²) in [4.78, 5) is 15.1. The molecule has 0 fully saturated rings. The third kappa shape index (κ3) is 2.02. The second-order valence-electron chi connectivity index (χ2n) is 3.26. The minimum atomic E-state index is 0.147. The lowest BCUT2D eigenvalue weighted by Gasteiger charge is -2.06. The van der Waals surface area contributed by atoms with Crippen molar-refractivity contribution in [2.75, 3.05) is 6.26 Å². The molecule has 1 aliphatic rings. The summed E-state index contributed by atoms with van der Waals surface area (Å²) in [5.41, 5.74) is 1.77. The van der Waals surface area contributed by atoms with Gasteiger partial charge in [0, 0.05) is 17.7 Å². The van der Waals surface area contributed by atoms with Gasteiger partial charge in [0.05, 0.1) is 5.03 Å². The van der Waals surface area contributed by atoms with E-state index in [1.54, 1.807) is 11.8 Å². The molecule has 15 heavy (non-hydrogen) atoms. The van der Waals surface area contributed by atoms with Crippen LogP contribution in [0.3, 0.4) is 0 Å². The van der Waals surface area contributed by atoms with E-state index in [-0.39, 0.29) is 5.92 Å². The van der Waals surface area contributed by atoms with Crippen LogP contribution >= 0.6 is 11.8 Å². The van der Waals surface area contributed by atoms with Crippen molar-refractivity contribution in [3.8, 4) is 0 Å². The van der Waals surface area contributed by atoms with Crippen LogP contribution in [0.4, 0.5) is 0 Å². The van der Waals surface area contributed by atoms with E-state index in [2.05, 4.69) is 11.1 Å². The van der Waals surface area contributed by atoms with Crippen LogP contribution in [0.25, 0.3) is 0 Å². The van der Waals surface area contributed by atoms with Crippen molar-refractivity contribution in [3.05, 3.63) is 46.5 Å². The summed E-state index contributed by atoms with van der Waals surface area (Å²) in [6.07, 6.45) is 6.85. The van der Waals surface area contributed by atoms with E-state index in [1.807, 2.05) is 36.7 Å². The van der Waals surface area contributed by atoms with E-state index < -0.39 is 0 Å². The van der Waals surface area contributed by atoms with Crippen LogP contribution < -0.4 is 0 Å². The second-order valence-corrected chi connectivity index (χ2v) is 4.09. The number of aliphatic imine (C=N–C) groups is 1. The van der Waals surface area contributed by atoms with Crippen molar-refractivity contribution in [3.63, 3.8) is 0 Å². The molecule has 0 amide bonds. The lowest BCUT2D eigenvalue weighted by Crippen LogP contribution is -1.98. The Hall–Kier alpha value is -1.35. The Labute approximate surface area is 93.1 Å². The number of aldehydes is 1. The van der Waals surface area contributed by atoms with E-state index in [0.717, 1.165) is 22.4 Å². The fourth-order valence-electron chi connectivity index (χ4n) is 1.61. The van der Waals surface area contributed by atoms with Gasteiger partial charge in [-0.2, -0.15) is 0 Å². The third-order valence-electron chi connectivity index (χ3n) is 2.38. The van der Waals surface area contributed by atoms with Gasteiger partial charge in [0.15, 0.2) is 0 Å². The Kier molecular flexibility index (Phi) is 3.02. The molecule has 0 bridgehead atoms. The van der Waals surface area contributed by atoms with Gasteiger partial charge in [0.2, 0.25) is 0 Å². The molecule has 1 aliphatic heterocycles. The zero-order chi connectivity index (χ0) is 10.7. The Bertz CT molecular complexity index is 437. The molecule has 0 saturated carbocycles. The number of hydrogen-bond acceptors (Lipinski definition) is 3. The second kappa shape index (κ2) is 4.45. The van der Waals surface area contributed by atoms with Crippen molar-refractivity contribution in [1.29, 1.82) is 0 Å². The number of hydrogen-bond donors (Lipinski definition) is 0. The molecule has 0 aliphatic carbocycles. The molecule has 0 radical (unpaired) electrons. The molecule has 1 aromatic carbocycles. The first-order valence-corrected chi connectivity index (χ1v) is 5.91. The van der Waals surface area contributed by atoms with Gasteiger partial charge < -0.3 is 0 Å². The number of allylic oxidation sites excluding steroid dienone is 1. The molecule has 2 rings (SSSR count). The van der Waals surface area contributed by atoms with Crippen LogP contribution in [0, 0.1) is 0 Å². The van der Waals surface area contributed by atoms with Crippen molar-refractivity contribution in [2.24, 2.45) is 4.99 Å². The lowest BCUT2D eigenvalue weighted by molar-refractivity contribution is 0.112. The normalized spacial score (nSPS) is 19.0. The maximum atomic E-state index is 10.9. The van der Waals surface area contributed by atoms with E-state index in [1.165, 1.54) is 0 Å². The highest BCUT2D eigenvalue weighted by Crippen LogP contribution is 2.28. The van der Waals surface area contributed by atoms with Gasteiger partial charge in [-0.05, 0) is 17.9 Å². The zero-order valence-electron chi connectivity index (χ0n) is 8.38. The van der Waals surface area contributed by atoms with Crippen LogP contribution in [0.2, 0.25) is 0 Å². The molecule has 76 valence electrons. The van der Waals surface area contributed by atoms with Gasteiger partial charge in [-0.1, -0.05) is 24.3 Å². The molecule has 0 aromatic heterocycles. The van der Waals surface area contributed by atoms with E-state index >= 15 is 0 Å². The minimum absolute atomic E-state index is 0.147. The summed E-state index contributed by atoms with van der Waals surface area (Å²) in [7, 11) is 0. The highest BCUT2D eigenvalue weighted by molar-refractivity contribution is 8.02. The largest absolute Gasteiger partial charge is 0.298 e. The van der Waals surface area contributed by atoms with Gasteiger partial charge >= 0.3 is 0 Å². The van der Waals surface area contributed by atoms with E-state index in [0.29, 0.717) is 0 Å². The van der Waals surface area contributed by atoms with Crippen LogP contribution in [0.15, 0.2) is 40.4 Å². The maximum absolute atomic E-state index is 10.9. The molecule has 1 heterocycles. The van der Waals surface area contributed by atoms with Crippen LogP contribution in [0.1, 0.15) is 21.8 Å². The van der Waals surface area contributed by atoms with E-state index in [4.69, 9.17) is 0 Å². The smallest absolute Gasteiger partial charge is 0.150 e. The summed E-state index contributed by atoms with van der Waals surface area (Å²) in [6, 6.07) is 7.63. The molecular weight excluding hydrogens is 206 g/mol. The maximum Gasteiger partial charge on any atom is 0.150 e. The molecule has 2 nitrogen and oxygen atoms in total. The monoisotopic (exact) mass is 217 g/mol. The molecule has 1 atom stereocenters. The van der Waals surface area contributed by atoms with Crippen LogP contribution in [-0.4, -0.2) is 18.8 Å². The summed E-state index contributed by atoms with van der Waals surface area (Å²) in [5, 5.41) is 1.01. The number of benzene rings is 1. The zero-order valence-corrected chi connectivity index (χ0v) is 9.20. The molecule has 3 heteroatoms. The SMILES string of the molecule is CSC1=CC(c2ccccc2C=O)C=N1. The number of thioether (sulfide) groups is 1. The molecule has 0 saturated heterocycles. The Balaban J connectivity index is 2.35. The highest BCUT2D eigenvalue weighted by Gasteiger charge is 2.15. The predicted octanol–water partition coefficient (Wildman–Crippen LogP) is 2.87. The molecule has 0 spiro atoms.